The van der Waals surface area contributed by atoms with Gasteiger partial charge in [0.1, 0.15) is 11.7 Å². The predicted octanol–water partition coefficient (Wildman–Crippen LogP) is 10.8. The molecule has 3 aliphatic carbocycles. The summed E-state index contributed by atoms with van der Waals surface area (Å²) >= 11 is 0. The highest BCUT2D eigenvalue weighted by Gasteiger charge is 2.32. The second kappa shape index (κ2) is 13.9. The van der Waals surface area contributed by atoms with Crippen LogP contribution in [0.4, 0.5) is 5.69 Å². The van der Waals surface area contributed by atoms with E-state index in [1.165, 1.54) is 56.8 Å². The third-order valence-corrected chi connectivity index (χ3v) is 11.5. The van der Waals surface area contributed by atoms with Gasteiger partial charge in [-0.3, -0.25) is 9.98 Å². The summed E-state index contributed by atoms with van der Waals surface area (Å²) in [5.41, 5.74) is 13.8. The number of aryl methyl sites for hydroxylation is 1. The second-order valence-corrected chi connectivity index (χ2v) is 14.8. The predicted molar refractivity (Wildman–Crippen MR) is 214 cm³/mol. The van der Waals surface area contributed by atoms with Crippen molar-refractivity contribution in [3.63, 3.8) is 0 Å². The number of benzene rings is 3. The van der Waals surface area contributed by atoms with Crippen molar-refractivity contribution in [2.24, 2.45) is 37.7 Å². The Labute approximate surface area is 301 Å². The quantitative estimate of drug-likeness (QED) is 0.279. The number of nitrogens with zero attached hydrogens (tertiary/aromatic N) is 4. The topological polar surface area (TPSA) is 61.5 Å². The summed E-state index contributed by atoms with van der Waals surface area (Å²) in [5, 5.41) is 3.76. The van der Waals surface area contributed by atoms with Crippen LogP contribution >= 0.6 is 0 Å². The Morgan fingerprint density at radius 1 is 0.745 bits per heavy atom. The highest BCUT2D eigenvalue weighted by atomic mass is 15.2. The maximum Gasteiger partial charge on any atom is 0.169 e. The Balaban J connectivity index is 1.04. The first-order chi connectivity index (χ1) is 25.2. The van der Waals surface area contributed by atoms with Gasteiger partial charge in [-0.1, -0.05) is 110 Å². The van der Waals surface area contributed by atoms with Gasteiger partial charge in [-0.05, 0) is 97.1 Å². The van der Waals surface area contributed by atoms with Gasteiger partial charge in [0.2, 0.25) is 0 Å². The summed E-state index contributed by atoms with van der Waals surface area (Å²) in [7, 11) is 0. The highest BCUT2D eigenvalue weighted by Crippen LogP contribution is 2.42. The molecular formula is C46H45N5. The molecule has 254 valence electrons. The Morgan fingerprint density at radius 3 is 2.43 bits per heavy atom. The molecule has 51 heavy (non-hydrogen) atoms. The lowest BCUT2D eigenvalue weighted by Crippen LogP contribution is -2.42. The smallest absolute Gasteiger partial charge is 0.169 e. The van der Waals surface area contributed by atoms with Crippen LogP contribution in [0, 0.1) is 17.8 Å². The fraction of sp³-hybridized carbons (Fsp3) is 0.304. The molecule has 6 aliphatic rings. The maximum absolute atomic E-state index is 5.37. The van der Waals surface area contributed by atoms with Gasteiger partial charge >= 0.3 is 0 Å². The number of nitrogens with one attached hydrogen (secondary N) is 1. The summed E-state index contributed by atoms with van der Waals surface area (Å²) < 4.78 is 0. The zero-order chi connectivity index (χ0) is 34.1. The molecule has 0 aromatic heterocycles. The SMILES string of the molecule is CC1CC(c2cccc3c2N=CCC3)=CCC1C1=NC(c2ccc(C3=C4N=CCCC4CC=C3)cc2)N=C(c2ccc(C3=CC=CCC3)cc2)N1. The lowest BCUT2D eigenvalue weighted by Gasteiger charge is -2.33. The fourth-order valence-electron chi connectivity index (χ4n) is 8.61. The van der Waals surface area contributed by atoms with Crippen LogP contribution in [0.3, 0.4) is 0 Å². The van der Waals surface area contributed by atoms with Crippen molar-refractivity contribution in [1.82, 2.24) is 5.32 Å². The molecular weight excluding hydrogens is 623 g/mol. The average molecular weight is 668 g/mol. The Hall–Kier alpha value is -5.16. The molecule has 5 heteroatoms. The largest absolute Gasteiger partial charge is 0.328 e. The molecule has 3 heterocycles. The van der Waals surface area contributed by atoms with E-state index < -0.39 is 0 Å². The molecule has 3 aliphatic heterocycles. The molecule has 0 amide bonds. The monoisotopic (exact) mass is 667 g/mol. The summed E-state index contributed by atoms with van der Waals surface area (Å²) in [6.45, 7) is 2.38. The lowest BCUT2D eigenvalue weighted by atomic mass is 9.77. The van der Waals surface area contributed by atoms with Crippen molar-refractivity contribution >= 4 is 46.5 Å². The summed E-state index contributed by atoms with van der Waals surface area (Å²) in [6, 6.07) is 24.5. The van der Waals surface area contributed by atoms with E-state index in [1.807, 2.05) is 0 Å². The van der Waals surface area contributed by atoms with Gasteiger partial charge in [-0.2, -0.15) is 0 Å². The van der Waals surface area contributed by atoms with Crippen molar-refractivity contribution in [2.45, 2.75) is 70.9 Å². The van der Waals surface area contributed by atoms with E-state index in [1.54, 1.807) is 0 Å². The molecule has 9 rings (SSSR count). The fourth-order valence-corrected chi connectivity index (χ4v) is 8.61. The van der Waals surface area contributed by atoms with Crippen LogP contribution in [0.25, 0.3) is 16.7 Å². The van der Waals surface area contributed by atoms with Gasteiger partial charge in [-0.25, -0.2) is 9.98 Å². The second-order valence-electron chi connectivity index (χ2n) is 14.8. The van der Waals surface area contributed by atoms with Crippen molar-refractivity contribution < 1.29 is 0 Å². The van der Waals surface area contributed by atoms with Crippen molar-refractivity contribution in [3.05, 3.63) is 142 Å². The lowest BCUT2D eigenvalue weighted by molar-refractivity contribution is 0.442. The van der Waals surface area contributed by atoms with Gasteiger partial charge < -0.3 is 5.32 Å². The molecule has 1 N–H and O–H groups in total. The summed E-state index contributed by atoms with van der Waals surface area (Å²) in [5.74, 6) is 3.14. The van der Waals surface area contributed by atoms with Gasteiger partial charge in [0, 0.05) is 41.0 Å². The van der Waals surface area contributed by atoms with Gasteiger partial charge in [0.05, 0.1) is 11.4 Å². The number of amidine groups is 2. The first-order valence-electron chi connectivity index (χ1n) is 18.9. The van der Waals surface area contributed by atoms with Crippen LogP contribution in [-0.2, 0) is 6.42 Å². The van der Waals surface area contributed by atoms with Crippen LogP contribution in [0.2, 0.25) is 0 Å². The minimum Gasteiger partial charge on any atom is -0.328 e. The summed E-state index contributed by atoms with van der Waals surface area (Å²) in [4.78, 5) is 20.3. The Morgan fingerprint density at radius 2 is 1.59 bits per heavy atom. The number of allylic oxidation sites excluding steroid dienone is 10. The number of hydrogen-bond donors (Lipinski definition) is 1. The maximum atomic E-state index is 5.37. The zero-order valence-electron chi connectivity index (χ0n) is 29.4. The van der Waals surface area contributed by atoms with Crippen LogP contribution < -0.4 is 5.32 Å². The Bertz CT molecular complexity index is 2120. The van der Waals surface area contributed by atoms with Crippen LogP contribution in [0.5, 0.6) is 0 Å². The molecule has 0 radical (unpaired) electrons. The number of rotatable bonds is 6. The molecule has 3 aromatic carbocycles. The average Bonchev–Trinajstić information content (AvgIpc) is 3.20. The molecule has 0 saturated carbocycles. The van der Waals surface area contributed by atoms with Gasteiger partial charge in [-0.15, -0.1) is 0 Å². The van der Waals surface area contributed by atoms with E-state index in [9.17, 15) is 0 Å². The number of para-hydroxylation sites is 1. The number of aliphatic imine (C=N–C) groups is 4. The van der Waals surface area contributed by atoms with E-state index in [4.69, 9.17) is 20.0 Å². The molecule has 3 aromatic rings. The molecule has 0 spiro atoms. The van der Waals surface area contributed by atoms with Crippen molar-refractivity contribution in [3.8, 4) is 0 Å². The first kappa shape index (κ1) is 31.8. The normalized spacial score (nSPS) is 25.3. The first-order valence-corrected chi connectivity index (χ1v) is 18.9. The standard InChI is InChI=1S/C46H45N5/c1-30-29-38(41-16-6-12-35-14-8-28-48-43(35)41)25-26-39(30)46-50-44(36-21-17-32(18-22-36)31-9-3-2-4-10-31)49-45(51-46)37-23-19-33(20-24-37)40-15-5-11-34-13-7-27-47-42(34)40/h2-3,5-6,9,12,15-25,27-28,30,34,39,45H,4,7-8,10-11,13-14,26,29H2,1H3,(H,49,50,51). The minimum absolute atomic E-state index is 0.267. The van der Waals surface area contributed by atoms with Gasteiger partial charge in [0.15, 0.2) is 6.17 Å². The molecule has 4 unspecified atom stereocenters. The number of fused-ring (bicyclic) bond motifs is 2. The molecule has 0 saturated heterocycles. The third kappa shape index (κ3) is 6.35. The van der Waals surface area contributed by atoms with E-state index in [2.05, 4.69) is 128 Å². The minimum atomic E-state index is -0.316. The van der Waals surface area contributed by atoms with E-state index in [0.29, 0.717) is 11.8 Å². The Kier molecular flexibility index (Phi) is 8.64. The zero-order valence-corrected chi connectivity index (χ0v) is 29.4. The molecule has 0 fully saturated rings. The number of hydrogen-bond acceptors (Lipinski definition) is 5. The van der Waals surface area contributed by atoms with Crippen LogP contribution in [-0.4, -0.2) is 24.1 Å². The van der Waals surface area contributed by atoms with Gasteiger partial charge in [0.25, 0.3) is 0 Å². The third-order valence-electron chi connectivity index (χ3n) is 11.5. The van der Waals surface area contributed by atoms with Crippen molar-refractivity contribution in [1.29, 1.82) is 0 Å². The van der Waals surface area contributed by atoms with E-state index >= 15 is 0 Å². The van der Waals surface area contributed by atoms with Crippen molar-refractivity contribution in [2.75, 3.05) is 0 Å². The highest BCUT2D eigenvalue weighted by molar-refractivity contribution is 6.11. The van der Waals surface area contributed by atoms with Crippen LogP contribution in [0.1, 0.15) is 97.8 Å². The summed E-state index contributed by atoms with van der Waals surface area (Å²) in [6.07, 6.45) is 27.1. The molecule has 5 nitrogen and oxygen atoms in total. The van der Waals surface area contributed by atoms with E-state index in [-0.39, 0.29) is 12.1 Å². The van der Waals surface area contributed by atoms with Crippen LogP contribution in [0.15, 0.2) is 129 Å². The molecule has 4 atom stereocenters. The molecule has 0 bridgehead atoms. The van der Waals surface area contributed by atoms with E-state index in [0.717, 1.165) is 74.2 Å².